The molecule has 0 aromatic carbocycles. The molecule has 1 saturated carbocycles. The summed E-state index contributed by atoms with van der Waals surface area (Å²) < 4.78 is 4.64. The molecule has 16 heavy (non-hydrogen) atoms. The third-order valence-electron chi connectivity index (χ3n) is 2.85. The Kier molecular flexibility index (Phi) is 4.58. The predicted octanol–water partition coefficient (Wildman–Crippen LogP) is 1.04. The van der Waals surface area contributed by atoms with Crippen LogP contribution in [0.1, 0.15) is 33.1 Å². The molecule has 1 aliphatic rings. The first-order chi connectivity index (χ1) is 7.54. The van der Waals surface area contributed by atoms with Gasteiger partial charge in [0.05, 0.1) is 7.11 Å². The average Bonchev–Trinajstić information content (AvgIpc) is 2.18. The Labute approximate surface area is 95.9 Å². The maximum absolute atomic E-state index is 11.6. The standard InChI is InChI=1S/C11H20N2O3/c1-7(2)9(10(14)16-3)13-11(15)12-8-5-4-6-8/h7-9H,4-6H2,1-3H3,(H2,12,13,15). The van der Waals surface area contributed by atoms with Crippen molar-refractivity contribution in [3.05, 3.63) is 0 Å². The molecule has 1 rings (SSSR count). The lowest BCUT2D eigenvalue weighted by Crippen LogP contribution is -2.52. The predicted molar refractivity (Wildman–Crippen MR) is 59.9 cm³/mol. The van der Waals surface area contributed by atoms with Gasteiger partial charge >= 0.3 is 12.0 Å². The molecule has 1 unspecified atom stereocenters. The van der Waals surface area contributed by atoms with E-state index in [2.05, 4.69) is 15.4 Å². The van der Waals surface area contributed by atoms with Crippen LogP contribution in [0.25, 0.3) is 0 Å². The third kappa shape index (κ3) is 3.40. The van der Waals surface area contributed by atoms with Crippen LogP contribution >= 0.6 is 0 Å². The van der Waals surface area contributed by atoms with E-state index in [0.29, 0.717) is 0 Å². The number of hydrogen-bond donors (Lipinski definition) is 2. The summed E-state index contributed by atoms with van der Waals surface area (Å²) >= 11 is 0. The topological polar surface area (TPSA) is 67.4 Å². The highest BCUT2D eigenvalue weighted by atomic mass is 16.5. The normalized spacial score (nSPS) is 17.5. The highest BCUT2D eigenvalue weighted by Gasteiger charge is 2.26. The number of nitrogens with one attached hydrogen (secondary N) is 2. The summed E-state index contributed by atoms with van der Waals surface area (Å²) in [4.78, 5) is 22.9. The van der Waals surface area contributed by atoms with E-state index in [1.165, 1.54) is 7.11 Å². The molecule has 92 valence electrons. The Morgan fingerprint density at radius 2 is 1.94 bits per heavy atom. The molecular weight excluding hydrogens is 208 g/mol. The lowest BCUT2D eigenvalue weighted by Gasteiger charge is -2.28. The van der Waals surface area contributed by atoms with Crippen molar-refractivity contribution in [3.8, 4) is 0 Å². The van der Waals surface area contributed by atoms with Crippen molar-refractivity contribution >= 4 is 12.0 Å². The van der Waals surface area contributed by atoms with E-state index in [0.717, 1.165) is 19.3 Å². The first kappa shape index (κ1) is 12.8. The molecule has 0 spiro atoms. The van der Waals surface area contributed by atoms with E-state index in [-0.39, 0.29) is 18.0 Å². The number of ether oxygens (including phenoxy) is 1. The molecule has 0 aromatic rings. The van der Waals surface area contributed by atoms with Crippen LogP contribution in [0, 0.1) is 5.92 Å². The zero-order valence-electron chi connectivity index (χ0n) is 10.1. The van der Waals surface area contributed by atoms with E-state index in [1.807, 2.05) is 13.8 Å². The van der Waals surface area contributed by atoms with Crippen LogP contribution in [-0.4, -0.2) is 31.2 Å². The lowest BCUT2D eigenvalue weighted by molar-refractivity contribution is -0.144. The molecule has 5 heteroatoms. The second-order valence-electron chi connectivity index (χ2n) is 4.49. The number of urea groups is 1. The summed E-state index contributed by atoms with van der Waals surface area (Å²) in [6, 6.07) is -0.593. The van der Waals surface area contributed by atoms with Gasteiger partial charge in [-0.3, -0.25) is 0 Å². The summed E-state index contributed by atoms with van der Waals surface area (Å²) in [5.41, 5.74) is 0. The maximum atomic E-state index is 11.6. The van der Waals surface area contributed by atoms with Crippen molar-refractivity contribution in [3.63, 3.8) is 0 Å². The van der Waals surface area contributed by atoms with Gasteiger partial charge in [-0.2, -0.15) is 0 Å². The molecule has 0 heterocycles. The molecule has 1 atom stereocenters. The van der Waals surface area contributed by atoms with Crippen molar-refractivity contribution in [2.75, 3.05) is 7.11 Å². The fourth-order valence-corrected chi connectivity index (χ4v) is 1.55. The molecule has 0 aromatic heterocycles. The molecule has 1 aliphatic carbocycles. The van der Waals surface area contributed by atoms with Gasteiger partial charge < -0.3 is 15.4 Å². The van der Waals surface area contributed by atoms with Gasteiger partial charge in [0.1, 0.15) is 6.04 Å². The summed E-state index contributed by atoms with van der Waals surface area (Å²) in [7, 11) is 1.32. The van der Waals surface area contributed by atoms with Gasteiger partial charge in [0, 0.05) is 6.04 Å². The molecule has 0 saturated heterocycles. The van der Waals surface area contributed by atoms with Gasteiger partial charge in [-0.15, -0.1) is 0 Å². The highest BCUT2D eigenvalue weighted by Crippen LogP contribution is 2.17. The summed E-state index contributed by atoms with van der Waals surface area (Å²) in [6.45, 7) is 3.73. The molecule has 0 aliphatic heterocycles. The van der Waals surface area contributed by atoms with Crippen LogP contribution in [0.2, 0.25) is 0 Å². The van der Waals surface area contributed by atoms with Gasteiger partial charge in [0.25, 0.3) is 0 Å². The van der Waals surface area contributed by atoms with Crippen molar-refractivity contribution in [2.45, 2.75) is 45.2 Å². The Morgan fingerprint density at radius 1 is 1.31 bits per heavy atom. The number of rotatable bonds is 4. The molecule has 1 fully saturated rings. The van der Waals surface area contributed by atoms with Crippen molar-refractivity contribution < 1.29 is 14.3 Å². The number of methoxy groups -OCH3 is 1. The fraction of sp³-hybridized carbons (Fsp3) is 0.818. The van der Waals surface area contributed by atoms with Crippen LogP contribution in [-0.2, 0) is 9.53 Å². The first-order valence-corrected chi connectivity index (χ1v) is 5.69. The number of carbonyl (C=O) groups excluding carboxylic acids is 2. The minimum Gasteiger partial charge on any atom is -0.467 e. The van der Waals surface area contributed by atoms with Crippen molar-refractivity contribution in [1.29, 1.82) is 0 Å². The SMILES string of the molecule is COC(=O)C(NC(=O)NC1CCC1)C(C)C. The zero-order valence-corrected chi connectivity index (χ0v) is 10.1. The van der Waals surface area contributed by atoms with Crippen molar-refractivity contribution in [2.24, 2.45) is 5.92 Å². The van der Waals surface area contributed by atoms with Crippen LogP contribution < -0.4 is 10.6 Å². The van der Waals surface area contributed by atoms with Gasteiger partial charge in [-0.25, -0.2) is 9.59 Å². The summed E-state index contributed by atoms with van der Waals surface area (Å²) in [5, 5.41) is 5.46. The maximum Gasteiger partial charge on any atom is 0.328 e. The van der Waals surface area contributed by atoms with E-state index < -0.39 is 12.0 Å². The van der Waals surface area contributed by atoms with E-state index in [1.54, 1.807) is 0 Å². The summed E-state index contributed by atoms with van der Waals surface area (Å²) in [5.74, 6) is -0.390. The Bertz CT molecular complexity index is 262. The molecule has 0 radical (unpaired) electrons. The third-order valence-corrected chi connectivity index (χ3v) is 2.85. The van der Waals surface area contributed by atoms with Gasteiger partial charge in [-0.1, -0.05) is 13.8 Å². The van der Waals surface area contributed by atoms with Crippen LogP contribution in [0.5, 0.6) is 0 Å². The Morgan fingerprint density at radius 3 is 2.31 bits per heavy atom. The van der Waals surface area contributed by atoms with E-state index in [9.17, 15) is 9.59 Å². The molecular formula is C11H20N2O3. The monoisotopic (exact) mass is 228 g/mol. The van der Waals surface area contributed by atoms with Crippen LogP contribution in [0.3, 0.4) is 0 Å². The molecule has 2 N–H and O–H groups in total. The van der Waals surface area contributed by atoms with Crippen LogP contribution in [0.4, 0.5) is 4.79 Å². The second kappa shape index (κ2) is 5.72. The summed E-state index contributed by atoms with van der Waals surface area (Å²) in [6.07, 6.45) is 3.21. The Hall–Kier alpha value is -1.26. The molecule has 2 amide bonds. The number of hydrogen-bond acceptors (Lipinski definition) is 3. The minimum atomic E-state index is -0.579. The number of amides is 2. The first-order valence-electron chi connectivity index (χ1n) is 5.69. The number of carbonyl (C=O) groups is 2. The average molecular weight is 228 g/mol. The molecule has 0 bridgehead atoms. The van der Waals surface area contributed by atoms with Gasteiger partial charge in [0.2, 0.25) is 0 Å². The van der Waals surface area contributed by atoms with E-state index in [4.69, 9.17) is 0 Å². The fourth-order valence-electron chi connectivity index (χ4n) is 1.55. The van der Waals surface area contributed by atoms with Crippen molar-refractivity contribution in [1.82, 2.24) is 10.6 Å². The quantitative estimate of drug-likeness (QED) is 0.706. The van der Waals surface area contributed by atoms with Crippen LogP contribution in [0.15, 0.2) is 0 Å². The minimum absolute atomic E-state index is 0.0135. The van der Waals surface area contributed by atoms with Gasteiger partial charge in [-0.05, 0) is 25.2 Å². The Balaban J connectivity index is 2.40. The lowest BCUT2D eigenvalue weighted by atomic mass is 9.93. The largest absolute Gasteiger partial charge is 0.467 e. The zero-order chi connectivity index (χ0) is 12.1. The second-order valence-corrected chi connectivity index (χ2v) is 4.49. The highest BCUT2D eigenvalue weighted by molar-refractivity contribution is 5.83. The number of esters is 1. The van der Waals surface area contributed by atoms with E-state index >= 15 is 0 Å². The smallest absolute Gasteiger partial charge is 0.328 e. The van der Waals surface area contributed by atoms with Gasteiger partial charge in [0.15, 0.2) is 0 Å². The molecule has 5 nitrogen and oxygen atoms in total.